The summed E-state index contributed by atoms with van der Waals surface area (Å²) in [7, 11) is 0. The minimum absolute atomic E-state index is 0.400. The van der Waals surface area contributed by atoms with Gasteiger partial charge in [0.2, 0.25) is 0 Å². The highest BCUT2D eigenvalue weighted by Crippen LogP contribution is 2.20. The number of aromatic nitrogens is 1. The van der Waals surface area contributed by atoms with Gasteiger partial charge < -0.3 is 4.74 Å². The Morgan fingerprint density at radius 1 is 1.64 bits per heavy atom. The van der Waals surface area contributed by atoms with Crippen LogP contribution >= 0.6 is 0 Å². The van der Waals surface area contributed by atoms with E-state index in [1.807, 2.05) is 6.92 Å². The predicted octanol–water partition coefficient (Wildman–Crippen LogP) is 2.13. The van der Waals surface area contributed by atoms with E-state index in [2.05, 4.69) is 17.6 Å². The largest absolute Gasteiger partial charge is 0.488 e. The highest BCUT2D eigenvalue weighted by molar-refractivity contribution is 5.46. The first-order valence-corrected chi connectivity index (χ1v) is 4.31. The van der Waals surface area contributed by atoms with Crippen LogP contribution in [0.25, 0.3) is 0 Å². The van der Waals surface area contributed by atoms with E-state index in [-0.39, 0.29) is 0 Å². The standard InChI is InChI=1S/C11H12N2O/c1-4-5-14-11-6-8(2)13-9(3)10(11)7-12/h4,6H,1,5H2,2-3H3. The molecule has 0 unspecified atom stereocenters. The number of aryl methyl sites for hydroxylation is 2. The van der Waals surface area contributed by atoms with Crippen LogP contribution in [0.3, 0.4) is 0 Å². The van der Waals surface area contributed by atoms with Crippen molar-refractivity contribution in [2.24, 2.45) is 0 Å². The molecule has 3 nitrogen and oxygen atoms in total. The summed E-state index contributed by atoms with van der Waals surface area (Å²) >= 11 is 0. The molecule has 0 aliphatic rings. The first-order chi connectivity index (χ1) is 6.69. The molecule has 0 aliphatic heterocycles. The van der Waals surface area contributed by atoms with Crippen LogP contribution in [0.1, 0.15) is 17.0 Å². The van der Waals surface area contributed by atoms with Gasteiger partial charge in [0.15, 0.2) is 0 Å². The van der Waals surface area contributed by atoms with Gasteiger partial charge in [0.05, 0.1) is 5.69 Å². The number of ether oxygens (including phenoxy) is 1. The van der Waals surface area contributed by atoms with E-state index >= 15 is 0 Å². The number of hydrogen-bond donors (Lipinski definition) is 0. The Hall–Kier alpha value is -1.82. The summed E-state index contributed by atoms with van der Waals surface area (Å²) in [5, 5.41) is 8.89. The summed E-state index contributed by atoms with van der Waals surface area (Å²) in [6.45, 7) is 7.62. The van der Waals surface area contributed by atoms with Crippen LogP contribution in [-0.2, 0) is 0 Å². The normalized spacial score (nSPS) is 9.21. The molecule has 0 fully saturated rings. The Morgan fingerprint density at radius 2 is 2.36 bits per heavy atom. The van der Waals surface area contributed by atoms with Gasteiger partial charge >= 0.3 is 0 Å². The molecule has 0 saturated carbocycles. The van der Waals surface area contributed by atoms with Crippen molar-refractivity contribution < 1.29 is 4.74 Å². The van der Waals surface area contributed by atoms with Crippen molar-refractivity contribution in [3.63, 3.8) is 0 Å². The molecule has 0 saturated heterocycles. The first kappa shape index (κ1) is 10.3. The van der Waals surface area contributed by atoms with Crippen molar-refractivity contribution in [3.8, 4) is 11.8 Å². The minimum atomic E-state index is 0.400. The smallest absolute Gasteiger partial charge is 0.141 e. The molecule has 0 radical (unpaired) electrons. The highest BCUT2D eigenvalue weighted by Gasteiger charge is 2.08. The lowest BCUT2D eigenvalue weighted by atomic mass is 10.2. The second kappa shape index (κ2) is 4.43. The van der Waals surface area contributed by atoms with Gasteiger partial charge in [-0.15, -0.1) is 0 Å². The van der Waals surface area contributed by atoms with Crippen molar-refractivity contribution in [1.82, 2.24) is 4.98 Å². The van der Waals surface area contributed by atoms with Crippen LogP contribution < -0.4 is 4.74 Å². The Morgan fingerprint density at radius 3 is 2.93 bits per heavy atom. The van der Waals surface area contributed by atoms with E-state index in [4.69, 9.17) is 10.00 Å². The maximum absolute atomic E-state index is 8.89. The molecule has 0 aromatic carbocycles. The zero-order valence-electron chi connectivity index (χ0n) is 8.37. The van der Waals surface area contributed by atoms with Gasteiger partial charge in [-0.05, 0) is 13.8 Å². The third-order valence-corrected chi connectivity index (χ3v) is 1.76. The second-order valence-corrected chi connectivity index (χ2v) is 2.93. The minimum Gasteiger partial charge on any atom is -0.488 e. The number of nitriles is 1. The third kappa shape index (κ3) is 2.11. The molecule has 3 heteroatoms. The van der Waals surface area contributed by atoms with Gasteiger partial charge in [0.1, 0.15) is 24.0 Å². The fourth-order valence-electron chi connectivity index (χ4n) is 1.19. The molecule has 1 heterocycles. The van der Waals surface area contributed by atoms with Crippen LogP contribution in [0.4, 0.5) is 0 Å². The molecule has 0 spiro atoms. The predicted molar refractivity (Wildman–Crippen MR) is 54.1 cm³/mol. The SMILES string of the molecule is C=CCOc1cc(C)nc(C)c1C#N. The Bertz CT molecular complexity index is 391. The molecule has 0 amide bonds. The summed E-state index contributed by atoms with van der Waals surface area (Å²) in [5.41, 5.74) is 2.05. The molecule has 0 bridgehead atoms. The number of pyridine rings is 1. The molecule has 0 atom stereocenters. The van der Waals surface area contributed by atoms with Crippen molar-refractivity contribution in [2.45, 2.75) is 13.8 Å². The average molecular weight is 188 g/mol. The highest BCUT2D eigenvalue weighted by atomic mass is 16.5. The molecule has 0 aliphatic carbocycles. The van der Waals surface area contributed by atoms with Crippen molar-refractivity contribution in [3.05, 3.63) is 35.7 Å². The molecule has 1 aromatic rings. The van der Waals surface area contributed by atoms with Crippen LogP contribution in [-0.4, -0.2) is 11.6 Å². The Labute approximate surface area is 83.7 Å². The lowest BCUT2D eigenvalue weighted by molar-refractivity contribution is 0.361. The number of rotatable bonds is 3. The lowest BCUT2D eigenvalue weighted by Gasteiger charge is -2.07. The summed E-state index contributed by atoms with van der Waals surface area (Å²) < 4.78 is 5.36. The molecule has 0 N–H and O–H groups in total. The van der Waals surface area contributed by atoms with Gasteiger partial charge in [0, 0.05) is 11.8 Å². The fraction of sp³-hybridized carbons (Fsp3) is 0.273. The monoisotopic (exact) mass is 188 g/mol. The van der Waals surface area contributed by atoms with Crippen molar-refractivity contribution in [2.75, 3.05) is 6.61 Å². The fourth-order valence-corrected chi connectivity index (χ4v) is 1.19. The van der Waals surface area contributed by atoms with Crippen LogP contribution in [0.2, 0.25) is 0 Å². The van der Waals surface area contributed by atoms with Crippen LogP contribution in [0.15, 0.2) is 18.7 Å². The number of nitrogens with zero attached hydrogens (tertiary/aromatic N) is 2. The number of hydrogen-bond acceptors (Lipinski definition) is 3. The summed E-state index contributed by atoms with van der Waals surface area (Å²) in [5.74, 6) is 0.581. The molecule has 14 heavy (non-hydrogen) atoms. The average Bonchev–Trinajstić information content (AvgIpc) is 2.14. The van der Waals surface area contributed by atoms with Crippen LogP contribution in [0.5, 0.6) is 5.75 Å². The van der Waals surface area contributed by atoms with Crippen molar-refractivity contribution in [1.29, 1.82) is 5.26 Å². The van der Waals surface area contributed by atoms with Gasteiger partial charge in [-0.1, -0.05) is 12.7 Å². The van der Waals surface area contributed by atoms with Crippen molar-refractivity contribution >= 4 is 0 Å². The summed E-state index contributed by atoms with van der Waals surface area (Å²) in [6.07, 6.45) is 1.65. The molecule has 72 valence electrons. The summed E-state index contributed by atoms with van der Waals surface area (Å²) in [4.78, 5) is 4.18. The quantitative estimate of drug-likeness (QED) is 0.682. The van der Waals surface area contributed by atoms with E-state index in [0.29, 0.717) is 23.6 Å². The van der Waals surface area contributed by atoms with Gasteiger partial charge in [0.25, 0.3) is 0 Å². The van der Waals surface area contributed by atoms with Gasteiger partial charge in [-0.25, -0.2) is 0 Å². The van der Waals surface area contributed by atoms with E-state index in [9.17, 15) is 0 Å². The van der Waals surface area contributed by atoms with E-state index in [1.54, 1.807) is 19.1 Å². The maximum atomic E-state index is 8.89. The lowest BCUT2D eigenvalue weighted by Crippen LogP contribution is -2.00. The topological polar surface area (TPSA) is 45.9 Å². The van der Waals surface area contributed by atoms with E-state index in [1.165, 1.54) is 0 Å². The molecular weight excluding hydrogens is 176 g/mol. The van der Waals surface area contributed by atoms with Gasteiger partial charge in [-0.3, -0.25) is 4.98 Å². The Balaban J connectivity index is 3.12. The van der Waals surface area contributed by atoms with E-state index < -0.39 is 0 Å². The van der Waals surface area contributed by atoms with Crippen LogP contribution in [0, 0.1) is 25.2 Å². The van der Waals surface area contributed by atoms with E-state index in [0.717, 1.165) is 5.69 Å². The molecular formula is C11H12N2O. The zero-order valence-corrected chi connectivity index (χ0v) is 8.37. The first-order valence-electron chi connectivity index (χ1n) is 4.31. The molecule has 1 rings (SSSR count). The second-order valence-electron chi connectivity index (χ2n) is 2.93. The molecule has 1 aromatic heterocycles. The van der Waals surface area contributed by atoms with Gasteiger partial charge in [-0.2, -0.15) is 5.26 Å². The zero-order chi connectivity index (χ0) is 10.6. The third-order valence-electron chi connectivity index (χ3n) is 1.76. The summed E-state index contributed by atoms with van der Waals surface area (Å²) in [6, 6.07) is 3.84. The maximum Gasteiger partial charge on any atom is 0.141 e. The Kier molecular flexibility index (Phi) is 3.24.